The Morgan fingerprint density at radius 1 is 1.19 bits per heavy atom. The minimum absolute atomic E-state index is 0.00377. The van der Waals surface area contributed by atoms with Crippen LogP contribution in [0, 0.1) is 12.8 Å². The molecule has 1 atom stereocenters. The molecular formula is C22H26N2O2S. The molecule has 4 nitrogen and oxygen atoms in total. The molecule has 142 valence electrons. The number of carbonyl (C=O) groups excluding carboxylic acids is 2. The standard InChI is InChI=1S/C22H26N2O2S/c1-15-5-3-4-6-18(15)22-19-10-12-27-20(19)9-11-24(22)21(26)14-23(16(2)25)13-17-7-8-17/h3-6,10,12,17,22H,7-9,11,13-14H2,1-2H3. The maximum absolute atomic E-state index is 13.3. The number of amides is 2. The van der Waals surface area contributed by atoms with Gasteiger partial charge in [-0.3, -0.25) is 9.59 Å². The predicted molar refractivity (Wildman–Crippen MR) is 108 cm³/mol. The molecule has 1 aliphatic carbocycles. The van der Waals surface area contributed by atoms with Crippen LogP contribution in [-0.4, -0.2) is 41.2 Å². The molecule has 27 heavy (non-hydrogen) atoms. The van der Waals surface area contributed by atoms with Gasteiger partial charge in [-0.15, -0.1) is 11.3 Å². The number of fused-ring (bicyclic) bond motifs is 1. The van der Waals surface area contributed by atoms with Gasteiger partial charge in [-0.1, -0.05) is 24.3 Å². The Balaban J connectivity index is 1.62. The van der Waals surface area contributed by atoms with Crippen molar-refractivity contribution in [1.29, 1.82) is 0 Å². The van der Waals surface area contributed by atoms with Gasteiger partial charge in [-0.05, 0) is 60.2 Å². The number of hydrogen-bond acceptors (Lipinski definition) is 3. The van der Waals surface area contributed by atoms with Crippen LogP contribution < -0.4 is 0 Å². The highest BCUT2D eigenvalue weighted by Gasteiger charge is 2.35. The highest BCUT2D eigenvalue weighted by molar-refractivity contribution is 7.10. The van der Waals surface area contributed by atoms with Gasteiger partial charge in [0.1, 0.15) is 0 Å². The summed E-state index contributed by atoms with van der Waals surface area (Å²) in [6.07, 6.45) is 3.24. The second-order valence-corrected chi connectivity index (χ2v) is 8.74. The highest BCUT2D eigenvalue weighted by Crippen LogP contribution is 2.39. The number of nitrogens with zero attached hydrogens (tertiary/aromatic N) is 2. The second-order valence-electron chi connectivity index (χ2n) is 7.74. The van der Waals surface area contributed by atoms with Crippen molar-refractivity contribution in [2.75, 3.05) is 19.6 Å². The molecule has 1 saturated carbocycles. The van der Waals surface area contributed by atoms with Crippen LogP contribution >= 0.6 is 11.3 Å². The lowest BCUT2D eigenvalue weighted by Crippen LogP contribution is -2.47. The van der Waals surface area contributed by atoms with Crippen molar-refractivity contribution in [3.63, 3.8) is 0 Å². The lowest BCUT2D eigenvalue weighted by Gasteiger charge is -2.38. The zero-order valence-corrected chi connectivity index (χ0v) is 16.8. The van der Waals surface area contributed by atoms with Crippen LogP contribution in [0.15, 0.2) is 35.7 Å². The van der Waals surface area contributed by atoms with E-state index in [1.165, 1.54) is 34.4 Å². The van der Waals surface area contributed by atoms with Gasteiger partial charge in [-0.25, -0.2) is 0 Å². The summed E-state index contributed by atoms with van der Waals surface area (Å²) in [7, 11) is 0. The number of benzene rings is 1. The topological polar surface area (TPSA) is 40.6 Å². The van der Waals surface area contributed by atoms with E-state index < -0.39 is 0 Å². The molecule has 2 aliphatic rings. The third-order valence-electron chi connectivity index (χ3n) is 5.72. The second kappa shape index (κ2) is 7.47. The van der Waals surface area contributed by atoms with Gasteiger partial charge in [0.2, 0.25) is 11.8 Å². The summed E-state index contributed by atoms with van der Waals surface area (Å²) >= 11 is 1.78. The molecule has 1 unspecified atom stereocenters. The average molecular weight is 383 g/mol. The summed E-state index contributed by atoms with van der Waals surface area (Å²) in [5, 5.41) is 2.12. The van der Waals surface area contributed by atoms with Crippen molar-refractivity contribution in [2.24, 2.45) is 5.92 Å². The van der Waals surface area contributed by atoms with Gasteiger partial charge in [-0.2, -0.15) is 0 Å². The maximum atomic E-state index is 13.3. The molecule has 0 N–H and O–H groups in total. The first-order valence-corrected chi connectivity index (χ1v) is 10.6. The van der Waals surface area contributed by atoms with Gasteiger partial charge in [0.05, 0.1) is 12.6 Å². The lowest BCUT2D eigenvalue weighted by molar-refractivity contribution is -0.141. The van der Waals surface area contributed by atoms with E-state index in [4.69, 9.17) is 0 Å². The minimum Gasteiger partial charge on any atom is -0.333 e. The molecular weight excluding hydrogens is 356 g/mol. The molecule has 2 aromatic rings. The summed E-state index contributed by atoms with van der Waals surface area (Å²) < 4.78 is 0. The van der Waals surface area contributed by atoms with Crippen LogP contribution in [0.1, 0.15) is 47.4 Å². The van der Waals surface area contributed by atoms with Crippen LogP contribution in [0.3, 0.4) is 0 Å². The van der Waals surface area contributed by atoms with Crippen molar-refractivity contribution >= 4 is 23.2 Å². The largest absolute Gasteiger partial charge is 0.333 e. The molecule has 1 fully saturated rings. The fourth-order valence-corrected chi connectivity index (χ4v) is 4.89. The first-order valence-electron chi connectivity index (χ1n) is 9.71. The molecule has 0 bridgehead atoms. The number of aryl methyl sites for hydroxylation is 1. The Morgan fingerprint density at radius 3 is 2.67 bits per heavy atom. The zero-order valence-electron chi connectivity index (χ0n) is 16.0. The first-order chi connectivity index (χ1) is 13.0. The smallest absolute Gasteiger partial charge is 0.242 e. The highest BCUT2D eigenvalue weighted by atomic mass is 32.1. The van der Waals surface area contributed by atoms with E-state index in [2.05, 4.69) is 30.5 Å². The monoisotopic (exact) mass is 382 g/mol. The normalized spacial score (nSPS) is 18.9. The summed E-state index contributed by atoms with van der Waals surface area (Å²) in [4.78, 5) is 30.4. The van der Waals surface area contributed by atoms with Crippen LogP contribution in [0.25, 0.3) is 0 Å². The average Bonchev–Trinajstić information content (AvgIpc) is 3.34. The number of rotatable bonds is 5. The zero-order chi connectivity index (χ0) is 19.0. The van der Waals surface area contributed by atoms with Gasteiger partial charge in [0.25, 0.3) is 0 Å². The van der Waals surface area contributed by atoms with Crippen molar-refractivity contribution in [3.05, 3.63) is 57.3 Å². The van der Waals surface area contributed by atoms with E-state index in [-0.39, 0.29) is 24.4 Å². The quantitative estimate of drug-likeness (QED) is 0.789. The van der Waals surface area contributed by atoms with Crippen molar-refractivity contribution in [1.82, 2.24) is 9.80 Å². The van der Waals surface area contributed by atoms with Crippen molar-refractivity contribution < 1.29 is 9.59 Å². The van der Waals surface area contributed by atoms with E-state index in [9.17, 15) is 9.59 Å². The maximum Gasteiger partial charge on any atom is 0.242 e. The van der Waals surface area contributed by atoms with Crippen LogP contribution in [0.2, 0.25) is 0 Å². The fraction of sp³-hybridized carbons (Fsp3) is 0.455. The molecule has 1 aromatic heterocycles. The summed E-state index contributed by atoms with van der Waals surface area (Å²) in [5.74, 6) is 0.630. The molecule has 0 saturated heterocycles. The molecule has 5 heteroatoms. The van der Waals surface area contributed by atoms with E-state index in [0.717, 1.165) is 6.42 Å². The Hall–Kier alpha value is -2.14. The predicted octanol–water partition coefficient (Wildman–Crippen LogP) is 3.79. The Labute approximate surface area is 164 Å². The minimum atomic E-state index is -0.0524. The number of hydrogen-bond donors (Lipinski definition) is 0. The van der Waals surface area contributed by atoms with Crippen LogP contribution in [0.5, 0.6) is 0 Å². The lowest BCUT2D eigenvalue weighted by atomic mass is 9.90. The molecule has 1 aromatic carbocycles. The van der Waals surface area contributed by atoms with E-state index >= 15 is 0 Å². The van der Waals surface area contributed by atoms with E-state index in [1.807, 2.05) is 17.0 Å². The Kier molecular flexibility index (Phi) is 5.04. The van der Waals surface area contributed by atoms with Crippen LogP contribution in [-0.2, 0) is 16.0 Å². The van der Waals surface area contributed by atoms with Crippen molar-refractivity contribution in [2.45, 2.75) is 39.2 Å². The van der Waals surface area contributed by atoms with E-state index in [1.54, 1.807) is 23.2 Å². The Morgan fingerprint density at radius 2 is 1.96 bits per heavy atom. The molecule has 1 aliphatic heterocycles. The number of thiophene rings is 1. The summed E-state index contributed by atoms with van der Waals surface area (Å²) in [6.45, 7) is 5.29. The SMILES string of the molecule is CC(=O)N(CC(=O)N1CCc2sccc2C1c1ccccc1C)CC1CC1. The van der Waals surface area contributed by atoms with Gasteiger partial charge >= 0.3 is 0 Å². The first kappa shape index (κ1) is 18.2. The van der Waals surface area contributed by atoms with Gasteiger partial charge in [0.15, 0.2) is 0 Å². The third kappa shape index (κ3) is 3.79. The summed E-state index contributed by atoms with van der Waals surface area (Å²) in [6, 6.07) is 10.4. The van der Waals surface area contributed by atoms with E-state index in [0.29, 0.717) is 19.0 Å². The summed E-state index contributed by atoms with van der Waals surface area (Å²) in [5.41, 5.74) is 3.62. The van der Waals surface area contributed by atoms with Crippen LogP contribution in [0.4, 0.5) is 0 Å². The molecule has 2 amide bonds. The fourth-order valence-electron chi connectivity index (χ4n) is 3.98. The number of carbonyl (C=O) groups is 2. The van der Waals surface area contributed by atoms with Gasteiger partial charge in [0, 0.05) is 24.9 Å². The molecule has 4 rings (SSSR count). The molecule has 0 spiro atoms. The third-order valence-corrected chi connectivity index (χ3v) is 6.71. The Bertz CT molecular complexity index is 856. The molecule has 2 heterocycles. The molecule has 0 radical (unpaired) electrons. The van der Waals surface area contributed by atoms with Crippen molar-refractivity contribution in [3.8, 4) is 0 Å². The van der Waals surface area contributed by atoms with Gasteiger partial charge < -0.3 is 9.80 Å².